The number of halogens is 1. The molecule has 3 nitrogen and oxygen atoms in total. The summed E-state index contributed by atoms with van der Waals surface area (Å²) in [7, 11) is 1.42. The summed E-state index contributed by atoms with van der Waals surface area (Å²) in [6, 6.07) is 5.85. The predicted octanol–water partition coefficient (Wildman–Crippen LogP) is 2.13. The number of rotatable bonds is 1. The molecule has 0 aromatic heterocycles. The molecule has 1 aliphatic heterocycles. The van der Waals surface area contributed by atoms with E-state index in [2.05, 4.69) is 21.2 Å². The number of nitrogens with one attached hydrogen (secondary N) is 1. The molecule has 74 valence electrons. The first-order valence-electron chi connectivity index (χ1n) is 4.33. The van der Waals surface area contributed by atoms with Crippen molar-refractivity contribution in [3.63, 3.8) is 0 Å². The van der Waals surface area contributed by atoms with E-state index >= 15 is 0 Å². The third-order valence-corrected chi connectivity index (χ3v) is 2.87. The Balaban J connectivity index is 2.35. The van der Waals surface area contributed by atoms with Crippen LogP contribution in [0.1, 0.15) is 11.5 Å². The average Bonchev–Trinajstić information content (AvgIpc) is 2.59. The summed E-state index contributed by atoms with van der Waals surface area (Å²) in [6.07, 6.45) is 0. The maximum atomic E-state index is 11.4. The van der Waals surface area contributed by atoms with Crippen LogP contribution < -0.4 is 5.32 Å². The summed E-state index contributed by atoms with van der Waals surface area (Å²) in [4.78, 5) is 11.4. The quantitative estimate of drug-likeness (QED) is 0.782. The van der Waals surface area contributed by atoms with Crippen LogP contribution in [-0.4, -0.2) is 19.6 Å². The number of hydrogen-bond donors (Lipinski definition) is 1. The summed E-state index contributed by atoms with van der Waals surface area (Å²) in [5, 5.41) is 3.18. The fourth-order valence-electron chi connectivity index (χ4n) is 1.66. The zero-order valence-electron chi connectivity index (χ0n) is 7.71. The smallest absolute Gasteiger partial charge is 0.315 e. The second-order valence-corrected chi connectivity index (χ2v) is 4.10. The van der Waals surface area contributed by atoms with Crippen LogP contribution in [0.15, 0.2) is 22.7 Å². The van der Waals surface area contributed by atoms with Crippen molar-refractivity contribution >= 4 is 27.6 Å². The van der Waals surface area contributed by atoms with Crippen molar-refractivity contribution in [1.29, 1.82) is 0 Å². The van der Waals surface area contributed by atoms with Crippen LogP contribution in [0, 0.1) is 0 Å². The molecule has 0 amide bonds. The molecule has 1 aromatic rings. The third kappa shape index (κ3) is 1.50. The molecule has 4 heteroatoms. The minimum absolute atomic E-state index is 0.164. The van der Waals surface area contributed by atoms with Gasteiger partial charge in [-0.2, -0.15) is 0 Å². The second-order valence-electron chi connectivity index (χ2n) is 3.19. The van der Waals surface area contributed by atoms with Gasteiger partial charge in [-0.05, 0) is 17.7 Å². The van der Waals surface area contributed by atoms with Crippen molar-refractivity contribution in [3.8, 4) is 0 Å². The van der Waals surface area contributed by atoms with Crippen LogP contribution in [0.2, 0.25) is 0 Å². The first kappa shape index (κ1) is 9.52. The molecule has 1 aromatic carbocycles. The number of esters is 1. The average molecular weight is 256 g/mol. The fourth-order valence-corrected chi connectivity index (χ4v) is 2.02. The lowest BCUT2D eigenvalue weighted by Crippen LogP contribution is -2.15. The van der Waals surface area contributed by atoms with Crippen LogP contribution in [-0.2, 0) is 9.53 Å². The van der Waals surface area contributed by atoms with Gasteiger partial charge in [0.15, 0.2) is 0 Å². The van der Waals surface area contributed by atoms with Gasteiger partial charge in [0.25, 0.3) is 0 Å². The van der Waals surface area contributed by atoms with E-state index in [0.29, 0.717) is 6.54 Å². The Kier molecular flexibility index (Phi) is 2.46. The van der Waals surface area contributed by atoms with E-state index < -0.39 is 0 Å². The van der Waals surface area contributed by atoms with Crippen LogP contribution in [0.4, 0.5) is 5.69 Å². The third-order valence-electron chi connectivity index (χ3n) is 2.37. The van der Waals surface area contributed by atoms with Crippen molar-refractivity contribution in [3.05, 3.63) is 28.2 Å². The van der Waals surface area contributed by atoms with Gasteiger partial charge in [0.2, 0.25) is 0 Å². The molecule has 0 saturated heterocycles. The lowest BCUT2D eigenvalue weighted by atomic mass is 10.0. The number of carbonyl (C=O) groups excluding carboxylic acids is 1. The first-order chi connectivity index (χ1) is 6.72. The summed E-state index contributed by atoms with van der Waals surface area (Å²) >= 11 is 3.38. The summed E-state index contributed by atoms with van der Waals surface area (Å²) in [5.74, 6) is -0.346. The van der Waals surface area contributed by atoms with E-state index in [1.54, 1.807) is 0 Å². The highest BCUT2D eigenvalue weighted by molar-refractivity contribution is 9.10. The van der Waals surface area contributed by atoms with Crippen molar-refractivity contribution in [2.45, 2.75) is 5.92 Å². The molecular formula is C10H10BrNO2. The van der Waals surface area contributed by atoms with E-state index in [1.807, 2.05) is 18.2 Å². The van der Waals surface area contributed by atoms with Crippen molar-refractivity contribution in [1.82, 2.24) is 0 Å². The first-order valence-corrected chi connectivity index (χ1v) is 5.13. The van der Waals surface area contributed by atoms with Crippen molar-refractivity contribution < 1.29 is 9.53 Å². The van der Waals surface area contributed by atoms with Gasteiger partial charge in [-0.15, -0.1) is 0 Å². The standard InChI is InChI=1S/C10H10BrNO2/c1-14-10(13)8-5-12-9-4-6(11)2-3-7(8)9/h2-4,8,12H,5H2,1H3. The normalized spacial score (nSPS) is 18.6. The fraction of sp³-hybridized carbons (Fsp3) is 0.300. The predicted molar refractivity (Wildman–Crippen MR) is 57.4 cm³/mol. The monoisotopic (exact) mass is 255 g/mol. The highest BCUT2D eigenvalue weighted by atomic mass is 79.9. The largest absolute Gasteiger partial charge is 0.468 e. The van der Waals surface area contributed by atoms with Gasteiger partial charge in [-0.25, -0.2) is 0 Å². The number of hydrogen-bond acceptors (Lipinski definition) is 3. The molecular weight excluding hydrogens is 246 g/mol. The minimum atomic E-state index is -0.182. The molecule has 0 bridgehead atoms. The zero-order valence-corrected chi connectivity index (χ0v) is 9.30. The molecule has 1 atom stereocenters. The molecule has 0 saturated carbocycles. The lowest BCUT2D eigenvalue weighted by Gasteiger charge is -2.06. The Hall–Kier alpha value is -1.03. The van der Waals surface area contributed by atoms with Gasteiger partial charge in [0.05, 0.1) is 7.11 Å². The Bertz CT molecular complexity index is 378. The van der Waals surface area contributed by atoms with Crippen LogP contribution >= 0.6 is 15.9 Å². The summed E-state index contributed by atoms with van der Waals surface area (Å²) < 4.78 is 5.74. The van der Waals surface area contributed by atoms with E-state index in [-0.39, 0.29) is 11.9 Å². The summed E-state index contributed by atoms with van der Waals surface area (Å²) in [6.45, 7) is 0.623. The Morgan fingerprint density at radius 2 is 2.43 bits per heavy atom. The SMILES string of the molecule is COC(=O)C1CNc2cc(Br)ccc21. The number of benzene rings is 1. The summed E-state index contributed by atoms with van der Waals surface area (Å²) in [5.41, 5.74) is 2.02. The Morgan fingerprint density at radius 1 is 1.64 bits per heavy atom. The van der Waals surface area contributed by atoms with E-state index in [0.717, 1.165) is 15.7 Å². The Morgan fingerprint density at radius 3 is 3.14 bits per heavy atom. The lowest BCUT2D eigenvalue weighted by molar-refractivity contribution is -0.141. The zero-order chi connectivity index (χ0) is 10.1. The topological polar surface area (TPSA) is 38.3 Å². The maximum absolute atomic E-state index is 11.4. The van der Waals surface area contributed by atoms with Crippen LogP contribution in [0.25, 0.3) is 0 Å². The van der Waals surface area contributed by atoms with Gasteiger partial charge >= 0.3 is 5.97 Å². The van der Waals surface area contributed by atoms with Crippen molar-refractivity contribution in [2.75, 3.05) is 19.0 Å². The van der Waals surface area contributed by atoms with E-state index in [9.17, 15) is 4.79 Å². The molecule has 0 spiro atoms. The number of carbonyl (C=O) groups is 1. The maximum Gasteiger partial charge on any atom is 0.315 e. The molecule has 1 unspecified atom stereocenters. The second kappa shape index (κ2) is 3.61. The Labute approximate surface area is 90.6 Å². The van der Waals surface area contributed by atoms with Gasteiger partial charge in [-0.3, -0.25) is 4.79 Å². The molecule has 0 aliphatic carbocycles. The number of methoxy groups -OCH3 is 1. The molecule has 14 heavy (non-hydrogen) atoms. The number of ether oxygens (including phenoxy) is 1. The number of anilines is 1. The van der Waals surface area contributed by atoms with E-state index in [1.165, 1.54) is 7.11 Å². The van der Waals surface area contributed by atoms with E-state index in [4.69, 9.17) is 4.74 Å². The molecule has 1 aliphatic rings. The molecule has 0 radical (unpaired) electrons. The van der Waals surface area contributed by atoms with Crippen molar-refractivity contribution in [2.24, 2.45) is 0 Å². The minimum Gasteiger partial charge on any atom is -0.468 e. The number of fused-ring (bicyclic) bond motifs is 1. The van der Waals surface area contributed by atoms with Gasteiger partial charge in [0.1, 0.15) is 5.92 Å². The highest BCUT2D eigenvalue weighted by Crippen LogP contribution is 2.33. The van der Waals surface area contributed by atoms with Gasteiger partial charge < -0.3 is 10.1 Å². The molecule has 2 rings (SSSR count). The van der Waals surface area contributed by atoms with Gasteiger partial charge in [-0.1, -0.05) is 22.0 Å². The van der Waals surface area contributed by atoms with Gasteiger partial charge in [0, 0.05) is 16.7 Å². The molecule has 1 heterocycles. The highest BCUT2D eigenvalue weighted by Gasteiger charge is 2.28. The molecule has 1 N–H and O–H groups in total. The van der Waals surface area contributed by atoms with Crippen LogP contribution in [0.5, 0.6) is 0 Å². The van der Waals surface area contributed by atoms with Crippen LogP contribution in [0.3, 0.4) is 0 Å². The molecule has 0 fully saturated rings.